The average Bonchev–Trinajstić information content (AvgIpc) is 2.33. The lowest BCUT2D eigenvalue weighted by Crippen LogP contribution is -1.92. The number of aryl methyl sites for hydroxylation is 1. The summed E-state index contributed by atoms with van der Waals surface area (Å²) in [6.07, 6.45) is 1.76. The lowest BCUT2D eigenvalue weighted by Gasteiger charge is -2.04. The topological polar surface area (TPSA) is 35.0 Å². The first-order chi connectivity index (χ1) is 7.70. The molecule has 1 heterocycles. The van der Waals surface area contributed by atoms with Gasteiger partial charge in [0.2, 0.25) is 0 Å². The zero-order chi connectivity index (χ0) is 11.5. The number of methoxy groups -OCH3 is 1. The molecule has 0 N–H and O–H groups in total. The van der Waals surface area contributed by atoms with Gasteiger partial charge in [0, 0.05) is 11.8 Å². The molecular weight excluding hydrogens is 268 g/mol. The van der Waals surface area contributed by atoms with Gasteiger partial charge in [0.25, 0.3) is 0 Å². The van der Waals surface area contributed by atoms with Gasteiger partial charge in [0.15, 0.2) is 5.82 Å². The maximum absolute atomic E-state index is 5.17. The van der Waals surface area contributed by atoms with E-state index >= 15 is 0 Å². The van der Waals surface area contributed by atoms with Gasteiger partial charge in [-0.15, -0.1) is 0 Å². The van der Waals surface area contributed by atoms with Crippen LogP contribution in [0.3, 0.4) is 0 Å². The predicted molar refractivity (Wildman–Crippen MR) is 66.5 cm³/mol. The summed E-state index contributed by atoms with van der Waals surface area (Å²) in [7, 11) is 1.65. The van der Waals surface area contributed by atoms with Crippen molar-refractivity contribution in [2.75, 3.05) is 7.11 Å². The second kappa shape index (κ2) is 4.61. The van der Waals surface area contributed by atoms with Crippen LogP contribution in [0.1, 0.15) is 5.69 Å². The van der Waals surface area contributed by atoms with Crippen molar-refractivity contribution < 1.29 is 4.74 Å². The van der Waals surface area contributed by atoms with E-state index in [0.717, 1.165) is 21.5 Å². The highest BCUT2D eigenvalue weighted by molar-refractivity contribution is 9.10. The van der Waals surface area contributed by atoms with E-state index in [4.69, 9.17) is 4.74 Å². The maximum atomic E-state index is 5.17. The third-order valence-corrected chi connectivity index (χ3v) is 3.03. The zero-order valence-electron chi connectivity index (χ0n) is 9.07. The molecule has 2 rings (SSSR count). The van der Waals surface area contributed by atoms with E-state index in [-0.39, 0.29) is 0 Å². The number of nitrogens with zero attached hydrogens (tertiary/aromatic N) is 2. The van der Waals surface area contributed by atoms with Crippen LogP contribution >= 0.6 is 15.9 Å². The van der Waals surface area contributed by atoms with Crippen molar-refractivity contribution in [3.05, 3.63) is 40.6 Å². The molecule has 0 atom stereocenters. The van der Waals surface area contributed by atoms with Gasteiger partial charge in [-0.1, -0.05) is 12.1 Å². The highest BCUT2D eigenvalue weighted by Crippen LogP contribution is 2.22. The average molecular weight is 279 g/mol. The summed E-state index contributed by atoms with van der Waals surface area (Å²) in [5.41, 5.74) is 1.88. The summed E-state index contributed by atoms with van der Waals surface area (Å²) >= 11 is 3.38. The lowest BCUT2D eigenvalue weighted by molar-refractivity contribution is 0.415. The SMILES string of the molecule is COc1cccc(-c2ncc(Br)c(C)n2)c1. The van der Waals surface area contributed by atoms with E-state index in [2.05, 4.69) is 25.9 Å². The highest BCUT2D eigenvalue weighted by atomic mass is 79.9. The predicted octanol–water partition coefficient (Wildman–Crippen LogP) is 3.22. The number of ether oxygens (including phenoxy) is 1. The van der Waals surface area contributed by atoms with Crippen molar-refractivity contribution in [3.63, 3.8) is 0 Å². The minimum absolute atomic E-state index is 0.708. The van der Waals surface area contributed by atoms with Crippen LogP contribution in [-0.4, -0.2) is 17.1 Å². The molecule has 0 fully saturated rings. The van der Waals surface area contributed by atoms with Gasteiger partial charge < -0.3 is 4.74 Å². The van der Waals surface area contributed by atoms with Crippen LogP contribution in [0.2, 0.25) is 0 Å². The van der Waals surface area contributed by atoms with Crippen LogP contribution in [0.25, 0.3) is 11.4 Å². The minimum atomic E-state index is 0.708. The fourth-order valence-corrected chi connectivity index (χ4v) is 1.54. The summed E-state index contributed by atoms with van der Waals surface area (Å²) in [5.74, 6) is 1.52. The fourth-order valence-electron chi connectivity index (χ4n) is 1.35. The number of benzene rings is 1. The molecule has 4 heteroatoms. The van der Waals surface area contributed by atoms with Gasteiger partial charge in [0.1, 0.15) is 5.75 Å². The van der Waals surface area contributed by atoms with Crippen molar-refractivity contribution in [1.29, 1.82) is 0 Å². The van der Waals surface area contributed by atoms with Crippen molar-refractivity contribution in [1.82, 2.24) is 9.97 Å². The van der Waals surface area contributed by atoms with Gasteiger partial charge in [-0.2, -0.15) is 0 Å². The first kappa shape index (κ1) is 11.1. The Kier molecular flexibility index (Phi) is 3.19. The minimum Gasteiger partial charge on any atom is -0.497 e. The first-order valence-corrected chi connectivity index (χ1v) is 5.63. The van der Waals surface area contributed by atoms with Gasteiger partial charge in [-0.25, -0.2) is 9.97 Å². The molecule has 1 aromatic heterocycles. The molecule has 2 aromatic rings. The third-order valence-electron chi connectivity index (χ3n) is 2.25. The van der Waals surface area contributed by atoms with Crippen molar-refractivity contribution >= 4 is 15.9 Å². The summed E-state index contributed by atoms with van der Waals surface area (Å²) in [6.45, 7) is 1.94. The molecule has 0 amide bonds. The first-order valence-electron chi connectivity index (χ1n) is 4.84. The molecule has 0 aliphatic heterocycles. The molecule has 0 spiro atoms. The zero-order valence-corrected chi connectivity index (χ0v) is 10.7. The Morgan fingerprint density at radius 1 is 1.31 bits per heavy atom. The van der Waals surface area contributed by atoms with Crippen LogP contribution in [0.5, 0.6) is 5.75 Å². The Morgan fingerprint density at radius 3 is 2.81 bits per heavy atom. The number of hydrogen-bond donors (Lipinski definition) is 0. The monoisotopic (exact) mass is 278 g/mol. The van der Waals surface area contributed by atoms with E-state index in [1.54, 1.807) is 13.3 Å². The quantitative estimate of drug-likeness (QED) is 0.846. The van der Waals surface area contributed by atoms with Gasteiger partial charge in [-0.05, 0) is 35.0 Å². The molecule has 0 saturated carbocycles. The van der Waals surface area contributed by atoms with Crippen LogP contribution in [0.4, 0.5) is 0 Å². The lowest BCUT2D eigenvalue weighted by atomic mass is 10.2. The molecule has 3 nitrogen and oxygen atoms in total. The molecule has 16 heavy (non-hydrogen) atoms. The molecule has 0 unspecified atom stereocenters. The van der Waals surface area contributed by atoms with Crippen molar-refractivity contribution in [2.24, 2.45) is 0 Å². The largest absolute Gasteiger partial charge is 0.497 e. The van der Waals surface area contributed by atoms with Crippen LogP contribution in [0, 0.1) is 6.92 Å². The van der Waals surface area contributed by atoms with Crippen LogP contribution < -0.4 is 4.74 Å². The number of rotatable bonds is 2. The standard InChI is InChI=1S/C12H11BrN2O/c1-8-11(13)7-14-12(15-8)9-4-3-5-10(6-9)16-2/h3-7H,1-2H3. The van der Waals surface area contributed by atoms with E-state index in [1.165, 1.54) is 0 Å². The fraction of sp³-hybridized carbons (Fsp3) is 0.167. The Morgan fingerprint density at radius 2 is 2.12 bits per heavy atom. The number of hydrogen-bond acceptors (Lipinski definition) is 3. The number of halogens is 1. The second-order valence-corrected chi connectivity index (χ2v) is 4.21. The molecule has 0 aliphatic carbocycles. The summed E-state index contributed by atoms with van der Waals surface area (Å²) < 4.78 is 6.08. The van der Waals surface area contributed by atoms with Gasteiger partial charge in [0.05, 0.1) is 17.3 Å². The Bertz CT molecular complexity index is 514. The van der Waals surface area contributed by atoms with Crippen molar-refractivity contribution in [3.8, 4) is 17.1 Å². The molecule has 0 aliphatic rings. The van der Waals surface area contributed by atoms with Crippen LogP contribution in [-0.2, 0) is 0 Å². The Hall–Kier alpha value is -1.42. The Balaban J connectivity index is 2.46. The smallest absolute Gasteiger partial charge is 0.159 e. The summed E-state index contributed by atoms with van der Waals surface area (Å²) in [4.78, 5) is 8.68. The van der Waals surface area contributed by atoms with Crippen LogP contribution in [0.15, 0.2) is 34.9 Å². The second-order valence-electron chi connectivity index (χ2n) is 3.36. The molecule has 0 bridgehead atoms. The third kappa shape index (κ3) is 2.22. The number of aromatic nitrogens is 2. The Labute approximate surface area is 103 Å². The molecular formula is C12H11BrN2O. The summed E-state index contributed by atoms with van der Waals surface area (Å²) in [6, 6.07) is 7.71. The highest BCUT2D eigenvalue weighted by Gasteiger charge is 2.04. The molecule has 0 radical (unpaired) electrons. The van der Waals surface area contributed by atoms with E-state index in [0.29, 0.717) is 5.82 Å². The van der Waals surface area contributed by atoms with E-state index < -0.39 is 0 Å². The molecule has 0 saturated heterocycles. The summed E-state index contributed by atoms with van der Waals surface area (Å²) in [5, 5.41) is 0. The molecule has 82 valence electrons. The van der Waals surface area contributed by atoms with Gasteiger partial charge >= 0.3 is 0 Å². The van der Waals surface area contributed by atoms with Crippen molar-refractivity contribution in [2.45, 2.75) is 6.92 Å². The molecule has 1 aromatic carbocycles. The van der Waals surface area contributed by atoms with E-state index in [9.17, 15) is 0 Å². The maximum Gasteiger partial charge on any atom is 0.159 e. The van der Waals surface area contributed by atoms with Gasteiger partial charge in [-0.3, -0.25) is 0 Å². The normalized spacial score (nSPS) is 10.2. The van der Waals surface area contributed by atoms with E-state index in [1.807, 2.05) is 31.2 Å².